The maximum absolute atomic E-state index is 12.2. The summed E-state index contributed by atoms with van der Waals surface area (Å²) in [6.07, 6.45) is 6.41. The van der Waals surface area contributed by atoms with Crippen LogP contribution in [0, 0.1) is 0 Å². The molecule has 1 saturated carbocycles. The third kappa shape index (κ3) is 6.30. The van der Waals surface area contributed by atoms with Gasteiger partial charge in [-0.2, -0.15) is 0 Å². The van der Waals surface area contributed by atoms with Gasteiger partial charge >= 0.3 is 51.4 Å². The molecule has 1 aromatic carbocycles. The molecule has 0 saturated heterocycles. The van der Waals surface area contributed by atoms with Gasteiger partial charge in [0.15, 0.2) is 0 Å². The second-order valence-electron chi connectivity index (χ2n) is 7.15. The summed E-state index contributed by atoms with van der Waals surface area (Å²) in [7, 11) is -7.47. The minimum Gasteiger partial charge on any atom is -0.744 e. The van der Waals surface area contributed by atoms with E-state index in [2.05, 4.69) is 5.32 Å². The Kier molecular flexibility index (Phi) is 8.99. The van der Waals surface area contributed by atoms with Gasteiger partial charge < -0.3 is 19.2 Å². The van der Waals surface area contributed by atoms with Crippen molar-refractivity contribution in [1.29, 1.82) is 0 Å². The van der Waals surface area contributed by atoms with Crippen molar-refractivity contribution in [2.24, 2.45) is 5.14 Å². The number of rotatable bonds is 7. The summed E-state index contributed by atoms with van der Waals surface area (Å²) >= 11 is 0. The van der Waals surface area contributed by atoms with Crippen LogP contribution in [0.1, 0.15) is 37.9 Å². The van der Waals surface area contributed by atoms with E-state index in [1.54, 1.807) is 24.1 Å². The van der Waals surface area contributed by atoms with Gasteiger partial charge in [-0.25, -0.2) is 22.0 Å². The molecule has 3 rings (SSSR count). The minimum absolute atomic E-state index is 0. The molecule has 2 aromatic rings. The first kappa shape index (κ1) is 25.8. The SMILES string of the molecule is CN(c1cc(NCc2ccco2)c(S(=O)(=O)[O-])cc1S(N)(=O)=O)C1CCCCC1.[K+]. The predicted molar refractivity (Wildman–Crippen MR) is 107 cm³/mol. The molecule has 12 heteroatoms. The van der Waals surface area contributed by atoms with Gasteiger partial charge in [-0.1, -0.05) is 19.3 Å². The number of primary sulfonamides is 1. The van der Waals surface area contributed by atoms with Crippen LogP contribution in [0.4, 0.5) is 11.4 Å². The number of furan rings is 1. The number of hydrogen-bond acceptors (Lipinski definition) is 8. The molecule has 1 heterocycles. The zero-order chi connectivity index (χ0) is 21.2. The Balaban J connectivity index is 0.00000320. The first-order valence-electron chi connectivity index (χ1n) is 9.23. The molecule has 0 bridgehead atoms. The van der Waals surface area contributed by atoms with Crippen molar-refractivity contribution in [1.82, 2.24) is 0 Å². The van der Waals surface area contributed by atoms with Crippen molar-refractivity contribution in [3.05, 3.63) is 36.3 Å². The molecule has 0 radical (unpaired) electrons. The number of sulfonamides is 1. The molecular formula is C18H24KN3O6S2. The standard InChI is InChI=1S/C18H25N3O6S2.K/c1-21(13-6-3-2-4-7-13)16-10-15(20-12-14-8-5-9-27-14)17(29(24,25)26)11-18(16)28(19,22)23;/h5,8-11,13,20H,2-4,6-7,12H2,1H3,(H2,19,22,23)(H,24,25,26);/q;+1/p-1. The number of anilines is 2. The molecular weight excluding hydrogens is 457 g/mol. The molecule has 3 N–H and O–H groups in total. The summed E-state index contributed by atoms with van der Waals surface area (Å²) < 4.78 is 65.0. The van der Waals surface area contributed by atoms with E-state index in [0.717, 1.165) is 38.2 Å². The quantitative estimate of drug-likeness (QED) is 0.387. The van der Waals surface area contributed by atoms with E-state index in [9.17, 15) is 21.4 Å². The molecule has 0 atom stereocenters. The molecule has 1 fully saturated rings. The summed E-state index contributed by atoms with van der Waals surface area (Å²) in [4.78, 5) is 0.746. The number of hydrogen-bond donors (Lipinski definition) is 2. The van der Waals surface area contributed by atoms with Gasteiger partial charge in [0.25, 0.3) is 0 Å². The number of nitrogens with zero attached hydrogens (tertiary/aromatic N) is 1. The Labute approximate surface area is 219 Å². The Morgan fingerprint density at radius 2 is 1.83 bits per heavy atom. The molecule has 30 heavy (non-hydrogen) atoms. The van der Waals surface area contributed by atoms with Crippen molar-refractivity contribution in [2.45, 2.75) is 54.5 Å². The molecule has 1 aliphatic rings. The number of nitrogens with two attached hydrogens (primary N) is 1. The van der Waals surface area contributed by atoms with Crippen molar-refractivity contribution >= 4 is 31.5 Å². The zero-order valence-electron chi connectivity index (χ0n) is 17.0. The Hall–Kier alpha value is -0.444. The van der Waals surface area contributed by atoms with Crippen molar-refractivity contribution in [2.75, 3.05) is 17.3 Å². The fraction of sp³-hybridized carbons (Fsp3) is 0.444. The van der Waals surface area contributed by atoms with Crippen LogP contribution in [0.25, 0.3) is 0 Å². The molecule has 0 amide bonds. The average Bonchev–Trinajstić information content (AvgIpc) is 3.18. The Morgan fingerprint density at radius 1 is 1.17 bits per heavy atom. The van der Waals surface area contributed by atoms with E-state index in [0.29, 0.717) is 5.76 Å². The van der Waals surface area contributed by atoms with Gasteiger partial charge in [0, 0.05) is 13.1 Å². The van der Waals surface area contributed by atoms with Crippen molar-refractivity contribution in [3.8, 4) is 0 Å². The third-order valence-corrected chi connectivity index (χ3v) is 6.99. The van der Waals surface area contributed by atoms with Gasteiger partial charge in [0.2, 0.25) is 10.0 Å². The molecule has 1 aromatic heterocycles. The van der Waals surface area contributed by atoms with Crippen LogP contribution in [0.5, 0.6) is 0 Å². The van der Waals surface area contributed by atoms with Crippen LogP contribution in [0.2, 0.25) is 0 Å². The van der Waals surface area contributed by atoms with Crippen LogP contribution < -0.4 is 66.7 Å². The first-order valence-corrected chi connectivity index (χ1v) is 12.2. The van der Waals surface area contributed by atoms with E-state index in [1.807, 2.05) is 0 Å². The van der Waals surface area contributed by atoms with Crippen LogP contribution >= 0.6 is 0 Å². The summed E-state index contributed by atoms with van der Waals surface area (Å²) in [6.45, 7) is 0.122. The molecule has 0 unspecified atom stereocenters. The fourth-order valence-electron chi connectivity index (χ4n) is 3.66. The predicted octanol–water partition coefficient (Wildman–Crippen LogP) is -0.784. The summed E-state index contributed by atoms with van der Waals surface area (Å²) in [5, 5.41) is 8.22. The smallest absolute Gasteiger partial charge is 0.744 e. The summed E-state index contributed by atoms with van der Waals surface area (Å²) in [5.41, 5.74) is 0.259. The van der Waals surface area contributed by atoms with E-state index in [-0.39, 0.29) is 80.2 Å². The second-order valence-corrected chi connectivity index (χ2v) is 10.0. The van der Waals surface area contributed by atoms with Gasteiger partial charge in [-0.3, -0.25) is 0 Å². The number of nitrogens with one attached hydrogen (secondary N) is 1. The van der Waals surface area contributed by atoms with E-state index < -0.39 is 25.0 Å². The van der Waals surface area contributed by atoms with Crippen LogP contribution in [-0.2, 0) is 26.7 Å². The maximum Gasteiger partial charge on any atom is 1.00 e. The first-order chi connectivity index (χ1) is 13.6. The van der Waals surface area contributed by atoms with Gasteiger partial charge in [-0.05, 0) is 37.1 Å². The van der Waals surface area contributed by atoms with E-state index in [4.69, 9.17) is 9.56 Å². The van der Waals surface area contributed by atoms with Crippen LogP contribution in [0.3, 0.4) is 0 Å². The zero-order valence-corrected chi connectivity index (χ0v) is 21.8. The Bertz CT molecular complexity index is 1070. The van der Waals surface area contributed by atoms with Crippen molar-refractivity contribution < 1.29 is 77.2 Å². The third-order valence-electron chi connectivity index (χ3n) is 5.17. The van der Waals surface area contributed by atoms with Crippen LogP contribution in [-0.4, -0.2) is 34.5 Å². The normalized spacial score (nSPS) is 15.4. The maximum atomic E-state index is 12.2. The minimum atomic E-state index is -4.96. The summed E-state index contributed by atoms with van der Waals surface area (Å²) in [6, 6.07) is 5.66. The summed E-state index contributed by atoms with van der Waals surface area (Å²) in [5.74, 6) is 0.525. The van der Waals surface area contributed by atoms with E-state index in [1.165, 1.54) is 12.3 Å². The van der Waals surface area contributed by atoms with Crippen LogP contribution in [0.15, 0.2) is 44.7 Å². The van der Waals surface area contributed by atoms with Crippen molar-refractivity contribution in [3.63, 3.8) is 0 Å². The largest absolute Gasteiger partial charge is 1.00 e. The second kappa shape index (κ2) is 10.4. The average molecular weight is 482 g/mol. The molecule has 9 nitrogen and oxygen atoms in total. The topological polar surface area (TPSA) is 146 Å². The molecule has 0 spiro atoms. The monoisotopic (exact) mass is 481 g/mol. The van der Waals surface area contributed by atoms with Gasteiger partial charge in [0.05, 0.1) is 29.1 Å². The van der Waals surface area contributed by atoms with Gasteiger partial charge in [0.1, 0.15) is 20.8 Å². The fourth-order valence-corrected chi connectivity index (χ4v) is 5.17. The molecule has 160 valence electrons. The molecule has 1 aliphatic carbocycles. The van der Waals surface area contributed by atoms with Gasteiger partial charge in [-0.15, -0.1) is 0 Å². The molecule has 0 aliphatic heterocycles. The Morgan fingerprint density at radius 3 is 2.37 bits per heavy atom. The van der Waals surface area contributed by atoms with E-state index >= 15 is 0 Å². The number of benzene rings is 1.